The Bertz CT molecular complexity index is 421. The Morgan fingerprint density at radius 1 is 1.05 bits per heavy atom. The van der Waals surface area contributed by atoms with Gasteiger partial charge < -0.3 is 9.84 Å². The predicted octanol–water partition coefficient (Wildman–Crippen LogP) is 0.936. The molecule has 3 atom stereocenters. The van der Waals surface area contributed by atoms with E-state index in [9.17, 15) is 19.5 Å². The minimum absolute atomic E-state index is 0.119. The molecule has 1 saturated carbocycles. The fourth-order valence-electron chi connectivity index (χ4n) is 3.67. The molecular weight excluding hydrogens is 262 g/mol. The van der Waals surface area contributed by atoms with Crippen LogP contribution in [-0.4, -0.2) is 46.0 Å². The van der Waals surface area contributed by atoms with Gasteiger partial charge in [-0.1, -0.05) is 19.3 Å². The number of carbonyl (C=O) groups is 3. The van der Waals surface area contributed by atoms with E-state index in [1.54, 1.807) is 0 Å². The lowest BCUT2D eigenvalue weighted by Crippen LogP contribution is -2.60. The second-order valence-corrected chi connectivity index (χ2v) is 5.92. The lowest BCUT2D eigenvalue weighted by atomic mass is 9.83. The number of fused-ring (bicyclic) bond motifs is 2. The van der Waals surface area contributed by atoms with Gasteiger partial charge in [-0.2, -0.15) is 0 Å². The number of rotatable bonds is 3. The maximum absolute atomic E-state index is 12.3. The highest BCUT2D eigenvalue weighted by atomic mass is 16.5. The first kappa shape index (κ1) is 13.5. The van der Waals surface area contributed by atoms with Crippen LogP contribution in [0.15, 0.2) is 0 Å². The van der Waals surface area contributed by atoms with Crippen molar-refractivity contribution in [1.29, 1.82) is 0 Å². The number of ether oxygens (including phenoxy) is 1. The number of hydrogen-bond donors (Lipinski definition) is 1. The molecule has 2 amide bonds. The zero-order chi connectivity index (χ0) is 14.3. The highest BCUT2D eigenvalue weighted by Crippen LogP contribution is 2.35. The van der Waals surface area contributed by atoms with Gasteiger partial charge in [0, 0.05) is 0 Å². The van der Waals surface area contributed by atoms with Crippen molar-refractivity contribution in [3.63, 3.8) is 0 Å². The fraction of sp³-hybridized carbons (Fsp3) is 0.786. The minimum atomic E-state index is -1.07. The molecule has 1 aliphatic carbocycles. The van der Waals surface area contributed by atoms with Crippen molar-refractivity contribution in [3.05, 3.63) is 0 Å². The number of carboxylic acid groups (broad SMARTS) is 1. The fourth-order valence-corrected chi connectivity index (χ4v) is 3.67. The van der Waals surface area contributed by atoms with Crippen molar-refractivity contribution < 1.29 is 24.2 Å². The first-order valence-corrected chi connectivity index (χ1v) is 7.35. The maximum Gasteiger partial charge on any atom is 0.327 e. The number of amides is 2. The van der Waals surface area contributed by atoms with Gasteiger partial charge >= 0.3 is 5.97 Å². The first-order chi connectivity index (χ1) is 9.59. The quantitative estimate of drug-likeness (QED) is 0.778. The predicted molar refractivity (Wildman–Crippen MR) is 67.7 cm³/mol. The van der Waals surface area contributed by atoms with Crippen molar-refractivity contribution in [2.75, 3.05) is 0 Å². The van der Waals surface area contributed by atoms with Crippen LogP contribution >= 0.6 is 0 Å². The number of imide groups is 1. The molecule has 3 unspecified atom stereocenters. The molecule has 1 N–H and O–H groups in total. The second-order valence-electron chi connectivity index (χ2n) is 5.92. The third-order valence-corrected chi connectivity index (χ3v) is 4.67. The van der Waals surface area contributed by atoms with Crippen LogP contribution in [0, 0.1) is 5.92 Å². The molecule has 2 bridgehead atoms. The van der Waals surface area contributed by atoms with Gasteiger partial charge in [-0.3, -0.25) is 14.5 Å². The van der Waals surface area contributed by atoms with Gasteiger partial charge in [-0.15, -0.1) is 0 Å². The summed E-state index contributed by atoms with van der Waals surface area (Å²) in [6.45, 7) is 0. The van der Waals surface area contributed by atoms with Crippen molar-refractivity contribution in [2.24, 2.45) is 5.92 Å². The molecule has 0 aromatic carbocycles. The van der Waals surface area contributed by atoms with Crippen molar-refractivity contribution >= 4 is 17.8 Å². The zero-order valence-electron chi connectivity index (χ0n) is 11.3. The van der Waals surface area contributed by atoms with Gasteiger partial charge in [0.25, 0.3) is 11.8 Å². The summed E-state index contributed by atoms with van der Waals surface area (Å²) in [7, 11) is 0. The standard InChI is InChI=1S/C14H19NO5/c16-12-9-6-7-10(20-9)13(17)15(12)11(14(18)19)8-4-2-1-3-5-8/h8-11H,1-7H2,(H,18,19). The Hall–Kier alpha value is -1.43. The van der Waals surface area contributed by atoms with E-state index in [1.165, 1.54) is 0 Å². The Kier molecular flexibility index (Phi) is 3.50. The van der Waals surface area contributed by atoms with Crippen molar-refractivity contribution in [3.8, 4) is 0 Å². The minimum Gasteiger partial charge on any atom is -0.480 e. The Morgan fingerprint density at radius 3 is 2.10 bits per heavy atom. The summed E-state index contributed by atoms with van der Waals surface area (Å²) in [6, 6.07) is -1.01. The average Bonchev–Trinajstić information content (AvgIpc) is 2.89. The molecule has 2 saturated heterocycles. The third-order valence-electron chi connectivity index (χ3n) is 4.67. The van der Waals surface area contributed by atoms with E-state index in [0.29, 0.717) is 12.8 Å². The van der Waals surface area contributed by atoms with E-state index in [0.717, 1.165) is 37.0 Å². The van der Waals surface area contributed by atoms with Crippen LogP contribution in [0.1, 0.15) is 44.9 Å². The van der Waals surface area contributed by atoms with Crippen LogP contribution in [0.5, 0.6) is 0 Å². The van der Waals surface area contributed by atoms with Crippen LogP contribution in [0.3, 0.4) is 0 Å². The van der Waals surface area contributed by atoms with Crippen molar-refractivity contribution in [1.82, 2.24) is 4.90 Å². The van der Waals surface area contributed by atoms with E-state index < -0.39 is 36.0 Å². The molecule has 20 heavy (non-hydrogen) atoms. The lowest BCUT2D eigenvalue weighted by Gasteiger charge is -2.38. The summed E-state index contributed by atoms with van der Waals surface area (Å²) in [5.41, 5.74) is 0. The van der Waals surface area contributed by atoms with E-state index in [1.807, 2.05) is 0 Å². The number of aliphatic carboxylic acids is 1. The summed E-state index contributed by atoms with van der Waals surface area (Å²) in [5.74, 6) is -2.10. The van der Waals surface area contributed by atoms with Crippen LogP contribution in [-0.2, 0) is 19.1 Å². The molecule has 3 fully saturated rings. The molecule has 6 heteroatoms. The van der Waals surface area contributed by atoms with Gasteiger partial charge in [0.2, 0.25) is 0 Å². The van der Waals surface area contributed by atoms with E-state index >= 15 is 0 Å². The summed E-state index contributed by atoms with van der Waals surface area (Å²) in [6.07, 6.45) is 4.35. The lowest BCUT2D eigenvalue weighted by molar-refractivity contribution is -0.178. The van der Waals surface area contributed by atoms with E-state index in [2.05, 4.69) is 0 Å². The molecule has 110 valence electrons. The molecule has 0 spiro atoms. The summed E-state index contributed by atoms with van der Waals surface area (Å²) < 4.78 is 5.34. The van der Waals surface area contributed by atoms with Crippen LogP contribution in [0.2, 0.25) is 0 Å². The van der Waals surface area contributed by atoms with Crippen LogP contribution in [0.25, 0.3) is 0 Å². The number of likely N-dealkylation sites (tertiary alicyclic amines) is 1. The van der Waals surface area contributed by atoms with Gasteiger partial charge in [-0.25, -0.2) is 4.79 Å². The van der Waals surface area contributed by atoms with Gasteiger partial charge in [0.15, 0.2) is 0 Å². The molecule has 0 radical (unpaired) electrons. The topological polar surface area (TPSA) is 83.9 Å². The third kappa shape index (κ3) is 2.12. The maximum atomic E-state index is 12.3. The smallest absolute Gasteiger partial charge is 0.327 e. The molecule has 3 aliphatic rings. The van der Waals surface area contributed by atoms with Gasteiger partial charge in [0.05, 0.1) is 0 Å². The molecule has 2 heterocycles. The Balaban J connectivity index is 1.88. The summed E-state index contributed by atoms with van der Waals surface area (Å²) in [4.78, 5) is 37.2. The SMILES string of the molecule is O=C(O)C(C1CCCCC1)N1C(=O)C2CCC(O2)C1=O. The number of carboxylic acids is 1. The number of hydrogen-bond acceptors (Lipinski definition) is 4. The molecular formula is C14H19NO5. The first-order valence-electron chi connectivity index (χ1n) is 7.35. The number of carbonyl (C=O) groups excluding carboxylic acids is 2. The van der Waals surface area contributed by atoms with E-state index in [4.69, 9.17) is 4.74 Å². The molecule has 6 nitrogen and oxygen atoms in total. The highest BCUT2D eigenvalue weighted by Gasteiger charge is 2.52. The van der Waals surface area contributed by atoms with Gasteiger partial charge in [-0.05, 0) is 31.6 Å². The van der Waals surface area contributed by atoms with Crippen molar-refractivity contribution in [2.45, 2.75) is 63.2 Å². The van der Waals surface area contributed by atoms with Crippen LogP contribution in [0.4, 0.5) is 0 Å². The molecule has 0 aromatic rings. The summed E-state index contributed by atoms with van der Waals surface area (Å²) in [5, 5.41) is 9.52. The zero-order valence-corrected chi connectivity index (χ0v) is 11.3. The molecule has 3 rings (SSSR count). The molecule has 2 aliphatic heterocycles. The monoisotopic (exact) mass is 281 g/mol. The molecule has 0 aromatic heterocycles. The number of nitrogens with zero attached hydrogens (tertiary/aromatic N) is 1. The average molecular weight is 281 g/mol. The van der Waals surface area contributed by atoms with E-state index in [-0.39, 0.29) is 5.92 Å². The van der Waals surface area contributed by atoms with Crippen LogP contribution < -0.4 is 0 Å². The second kappa shape index (κ2) is 5.16. The Morgan fingerprint density at radius 2 is 1.60 bits per heavy atom. The highest BCUT2D eigenvalue weighted by molar-refractivity contribution is 6.05. The normalized spacial score (nSPS) is 32.5. The van der Waals surface area contributed by atoms with Gasteiger partial charge in [0.1, 0.15) is 18.2 Å². The number of morpholine rings is 1. The summed E-state index contributed by atoms with van der Waals surface area (Å²) >= 11 is 0. The Labute approximate surface area is 117 Å². The largest absolute Gasteiger partial charge is 0.480 e.